The van der Waals surface area contributed by atoms with Crippen LogP contribution in [0.4, 0.5) is 0 Å². The summed E-state index contributed by atoms with van der Waals surface area (Å²) in [6, 6.07) is 12.3. The zero-order chi connectivity index (χ0) is 11.5. The molecule has 0 aliphatic rings. The minimum Gasteiger partial charge on any atom is -0.469 e. The molecule has 0 radical (unpaired) electrons. The molecule has 0 aliphatic carbocycles. The Labute approximate surface area is 94.8 Å². The summed E-state index contributed by atoms with van der Waals surface area (Å²) < 4.78 is 4.67. The molecule has 0 atom stereocenters. The molecule has 16 heavy (non-hydrogen) atoms. The highest BCUT2D eigenvalue weighted by Gasteiger charge is 2.05. The van der Waals surface area contributed by atoms with Crippen LogP contribution < -0.4 is 0 Å². The molecule has 0 bridgehead atoms. The highest BCUT2D eigenvalue weighted by atomic mass is 16.5. The van der Waals surface area contributed by atoms with Gasteiger partial charge in [-0.05, 0) is 28.8 Å². The Balaban J connectivity index is 2.45. The fourth-order valence-electron chi connectivity index (χ4n) is 1.92. The molecule has 2 aromatic carbocycles. The van der Waals surface area contributed by atoms with E-state index in [1.54, 1.807) is 0 Å². The Morgan fingerprint density at radius 1 is 1.25 bits per heavy atom. The van der Waals surface area contributed by atoms with Gasteiger partial charge in [-0.3, -0.25) is 4.79 Å². The largest absolute Gasteiger partial charge is 0.469 e. The van der Waals surface area contributed by atoms with Crippen LogP contribution in [-0.2, 0) is 16.0 Å². The monoisotopic (exact) mass is 214 g/mol. The van der Waals surface area contributed by atoms with Crippen LogP contribution in [0.3, 0.4) is 0 Å². The van der Waals surface area contributed by atoms with Gasteiger partial charge in [-0.25, -0.2) is 0 Å². The van der Waals surface area contributed by atoms with Crippen molar-refractivity contribution in [3.05, 3.63) is 47.5 Å². The van der Waals surface area contributed by atoms with Crippen molar-refractivity contribution in [1.82, 2.24) is 0 Å². The summed E-state index contributed by atoms with van der Waals surface area (Å²) in [6.45, 7) is 2.06. The second-order valence-corrected chi connectivity index (χ2v) is 3.89. The van der Waals surface area contributed by atoms with Crippen LogP contribution in [0.5, 0.6) is 0 Å². The number of benzene rings is 2. The fourth-order valence-corrected chi connectivity index (χ4v) is 1.92. The predicted molar refractivity (Wildman–Crippen MR) is 64.4 cm³/mol. The second-order valence-electron chi connectivity index (χ2n) is 3.89. The minimum absolute atomic E-state index is 0.199. The van der Waals surface area contributed by atoms with Crippen LogP contribution in [0.15, 0.2) is 36.4 Å². The molecule has 2 heteroatoms. The molecule has 2 nitrogen and oxygen atoms in total. The molecule has 0 spiro atoms. The first-order valence-corrected chi connectivity index (χ1v) is 5.26. The topological polar surface area (TPSA) is 26.3 Å². The van der Waals surface area contributed by atoms with Crippen molar-refractivity contribution in [2.45, 2.75) is 13.3 Å². The maximum Gasteiger partial charge on any atom is 0.309 e. The van der Waals surface area contributed by atoms with Gasteiger partial charge in [0, 0.05) is 0 Å². The highest BCUT2D eigenvalue weighted by molar-refractivity contribution is 5.87. The molecular weight excluding hydrogens is 200 g/mol. The van der Waals surface area contributed by atoms with E-state index in [0.717, 1.165) is 5.56 Å². The Morgan fingerprint density at radius 3 is 2.75 bits per heavy atom. The van der Waals surface area contributed by atoms with Gasteiger partial charge in [0.15, 0.2) is 0 Å². The summed E-state index contributed by atoms with van der Waals surface area (Å²) in [5.74, 6) is -0.199. The normalized spacial score (nSPS) is 10.4. The second kappa shape index (κ2) is 4.35. The van der Waals surface area contributed by atoms with Crippen LogP contribution in [-0.4, -0.2) is 13.1 Å². The van der Waals surface area contributed by atoms with E-state index in [2.05, 4.69) is 23.8 Å². The molecule has 2 rings (SSSR count). The number of hydrogen-bond acceptors (Lipinski definition) is 2. The summed E-state index contributed by atoms with van der Waals surface area (Å²) in [5.41, 5.74) is 2.19. The summed E-state index contributed by atoms with van der Waals surface area (Å²) in [7, 11) is 1.41. The lowest BCUT2D eigenvalue weighted by atomic mass is 10.0. The minimum atomic E-state index is -0.199. The third kappa shape index (κ3) is 2.06. The van der Waals surface area contributed by atoms with Crippen LogP contribution in [0.2, 0.25) is 0 Å². The van der Waals surface area contributed by atoms with Crippen molar-refractivity contribution in [3.8, 4) is 0 Å². The van der Waals surface area contributed by atoms with E-state index in [4.69, 9.17) is 0 Å². The molecule has 0 fully saturated rings. The summed E-state index contributed by atoms with van der Waals surface area (Å²) in [5, 5.41) is 2.40. The molecular formula is C14H14O2. The zero-order valence-corrected chi connectivity index (χ0v) is 9.49. The van der Waals surface area contributed by atoms with Crippen molar-refractivity contribution in [2.75, 3.05) is 7.11 Å². The quantitative estimate of drug-likeness (QED) is 0.718. The van der Waals surface area contributed by atoms with Crippen molar-refractivity contribution in [1.29, 1.82) is 0 Å². The predicted octanol–water partition coefficient (Wildman–Crippen LogP) is 2.86. The lowest BCUT2D eigenvalue weighted by Gasteiger charge is -2.06. The molecule has 82 valence electrons. The summed E-state index contributed by atoms with van der Waals surface area (Å²) >= 11 is 0. The van der Waals surface area contributed by atoms with E-state index in [-0.39, 0.29) is 5.97 Å². The summed E-state index contributed by atoms with van der Waals surface area (Å²) in [6.07, 6.45) is 0.335. The van der Waals surface area contributed by atoms with Gasteiger partial charge >= 0.3 is 5.97 Å². The first-order chi connectivity index (χ1) is 7.70. The smallest absolute Gasteiger partial charge is 0.309 e. The maximum absolute atomic E-state index is 11.2. The number of ether oxygens (including phenoxy) is 1. The number of esters is 1. The van der Waals surface area contributed by atoms with Crippen LogP contribution in [0, 0.1) is 6.92 Å². The first kappa shape index (κ1) is 10.7. The van der Waals surface area contributed by atoms with E-state index in [1.807, 2.05) is 24.3 Å². The number of rotatable bonds is 2. The number of aryl methyl sites for hydroxylation is 1. The SMILES string of the molecule is COC(=O)Cc1cc(C)c2ccccc2c1. The third-order valence-electron chi connectivity index (χ3n) is 2.70. The average molecular weight is 214 g/mol. The third-order valence-corrected chi connectivity index (χ3v) is 2.70. The number of hydrogen-bond donors (Lipinski definition) is 0. The van der Waals surface area contributed by atoms with Gasteiger partial charge in [-0.15, -0.1) is 0 Å². The average Bonchev–Trinajstić information content (AvgIpc) is 2.29. The Hall–Kier alpha value is -1.83. The fraction of sp³-hybridized carbons (Fsp3) is 0.214. The van der Waals surface area contributed by atoms with E-state index in [0.29, 0.717) is 6.42 Å². The van der Waals surface area contributed by atoms with Crippen molar-refractivity contribution in [3.63, 3.8) is 0 Å². The van der Waals surface area contributed by atoms with E-state index < -0.39 is 0 Å². The molecule has 0 amide bonds. The standard InChI is InChI=1S/C14H14O2/c1-10-7-11(9-14(15)16-2)8-12-5-3-4-6-13(10)12/h3-8H,9H2,1-2H3. The lowest BCUT2D eigenvalue weighted by Crippen LogP contribution is -2.04. The number of carbonyl (C=O) groups is 1. The molecule has 0 N–H and O–H groups in total. The van der Waals surface area contributed by atoms with Crippen LogP contribution in [0.1, 0.15) is 11.1 Å². The highest BCUT2D eigenvalue weighted by Crippen LogP contribution is 2.20. The molecule has 0 saturated heterocycles. The van der Waals surface area contributed by atoms with Gasteiger partial charge in [-0.1, -0.05) is 36.4 Å². The Morgan fingerprint density at radius 2 is 2.00 bits per heavy atom. The molecule has 0 unspecified atom stereocenters. The maximum atomic E-state index is 11.2. The Kier molecular flexibility index (Phi) is 2.91. The van der Waals surface area contributed by atoms with E-state index >= 15 is 0 Å². The van der Waals surface area contributed by atoms with Gasteiger partial charge in [0.25, 0.3) is 0 Å². The van der Waals surface area contributed by atoms with Gasteiger partial charge in [-0.2, -0.15) is 0 Å². The van der Waals surface area contributed by atoms with Gasteiger partial charge in [0.1, 0.15) is 0 Å². The van der Waals surface area contributed by atoms with Crippen LogP contribution >= 0.6 is 0 Å². The lowest BCUT2D eigenvalue weighted by molar-refractivity contribution is -0.139. The first-order valence-electron chi connectivity index (χ1n) is 5.26. The Bertz CT molecular complexity index is 529. The van der Waals surface area contributed by atoms with Crippen molar-refractivity contribution < 1.29 is 9.53 Å². The number of carbonyl (C=O) groups excluding carboxylic acids is 1. The summed E-state index contributed by atoms with van der Waals surface area (Å²) in [4.78, 5) is 11.2. The van der Waals surface area contributed by atoms with E-state index in [1.165, 1.54) is 23.4 Å². The molecule has 0 saturated carbocycles. The molecule has 0 heterocycles. The van der Waals surface area contributed by atoms with E-state index in [9.17, 15) is 4.79 Å². The van der Waals surface area contributed by atoms with Gasteiger partial charge < -0.3 is 4.74 Å². The van der Waals surface area contributed by atoms with Gasteiger partial charge in [0.2, 0.25) is 0 Å². The zero-order valence-electron chi connectivity index (χ0n) is 9.49. The number of fused-ring (bicyclic) bond motifs is 1. The molecule has 0 aromatic heterocycles. The van der Waals surface area contributed by atoms with Gasteiger partial charge in [0.05, 0.1) is 13.5 Å². The number of methoxy groups -OCH3 is 1. The molecule has 0 aliphatic heterocycles. The molecule has 2 aromatic rings. The van der Waals surface area contributed by atoms with Crippen molar-refractivity contribution in [2.24, 2.45) is 0 Å². The van der Waals surface area contributed by atoms with Crippen molar-refractivity contribution >= 4 is 16.7 Å². The van der Waals surface area contributed by atoms with Crippen LogP contribution in [0.25, 0.3) is 10.8 Å².